The smallest absolute Gasteiger partial charge is 0.413 e. The molecule has 0 saturated carbocycles. The van der Waals surface area contributed by atoms with E-state index < -0.39 is 6.09 Å². The van der Waals surface area contributed by atoms with E-state index in [1.165, 1.54) is 18.6 Å². The van der Waals surface area contributed by atoms with Gasteiger partial charge < -0.3 is 19.7 Å². The van der Waals surface area contributed by atoms with Gasteiger partial charge in [0.05, 0.1) is 34.8 Å². The van der Waals surface area contributed by atoms with Gasteiger partial charge in [-0.15, -0.1) is 0 Å². The number of carbonyl (C=O) groups excluding carboxylic acids is 1. The minimum atomic E-state index is -1.21. The highest BCUT2D eigenvalue weighted by atomic mass is 35.5. The van der Waals surface area contributed by atoms with Crippen LogP contribution in [0.25, 0.3) is 44.3 Å². The molecule has 2 heterocycles. The van der Waals surface area contributed by atoms with Gasteiger partial charge in [-0.05, 0) is 88.2 Å². The number of nitrogens with zero attached hydrogens (tertiary/aromatic N) is 5. The summed E-state index contributed by atoms with van der Waals surface area (Å²) >= 11 is 6.55. The van der Waals surface area contributed by atoms with Crippen LogP contribution in [0.5, 0.6) is 11.5 Å². The van der Waals surface area contributed by atoms with E-state index in [-0.39, 0.29) is 42.8 Å². The number of amides is 1. The second-order valence-electron chi connectivity index (χ2n) is 13.4. The highest BCUT2D eigenvalue weighted by Crippen LogP contribution is 2.37. The van der Waals surface area contributed by atoms with Gasteiger partial charge in [0.15, 0.2) is 6.29 Å². The first-order valence-corrected chi connectivity index (χ1v) is 18.6. The van der Waals surface area contributed by atoms with Crippen LogP contribution in [0.2, 0.25) is 5.02 Å². The van der Waals surface area contributed by atoms with Gasteiger partial charge in [0, 0.05) is 29.4 Å². The van der Waals surface area contributed by atoms with Crippen LogP contribution in [0, 0.1) is 25.2 Å². The lowest BCUT2D eigenvalue weighted by Crippen LogP contribution is -2.33. The number of rotatable bonds is 13. The Kier molecular flexibility index (Phi) is 11.7. The maximum absolute atomic E-state index is 12.0. The number of aliphatic hydroxyl groups excluding tert-OH is 1. The first-order chi connectivity index (χ1) is 28.2. The molecule has 1 amide bonds. The fourth-order valence-corrected chi connectivity index (χ4v) is 7.09. The number of carboxylic acid groups (broad SMARTS) is 1. The highest BCUT2D eigenvalue weighted by Gasteiger charge is 2.20. The molecular formula is C46H36ClN5O6. The molecule has 7 rings (SSSR count). The summed E-state index contributed by atoms with van der Waals surface area (Å²) in [6, 6.07) is 33.0. The molecule has 0 aliphatic heterocycles. The highest BCUT2D eigenvalue weighted by molar-refractivity contribution is 6.32. The standard InChI is InChI=1S/C46H36ClN5O6/c1-28-35(26-58-44-20-43(36(24-54)19-41(44)47)57-25-31-17-30(21-48)22-49-23-31)5-3-7-38(28)39-8-4-6-37(29(39)2)33-11-9-32(10-12-33)34-13-14-42-40(18-34)45(51-27-50-42)52(15-16-53)46(55)56/h3-14,17-20,22-24,27,53H,15-16,25-26H2,1-2H3,(H,55,56). The summed E-state index contributed by atoms with van der Waals surface area (Å²) in [6.45, 7) is 4.02. The molecular weight excluding hydrogens is 754 g/mol. The normalized spacial score (nSPS) is 10.9. The lowest BCUT2D eigenvalue weighted by atomic mass is 9.89. The van der Waals surface area contributed by atoms with E-state index in [1.54, 1.807) is 18.3 Å². The SMILES string of the molecule is Cc1c(COc2cc(OCc3cncc(C#N)c3)c(C=O)cc2Cl)cccc1-c1cccc(-c2ccc(-c3ccc4ncnc(N(CCO)C(=O)O)c4c3)cc2)c1C. The number of ether oxygens (including phenoxy) is 2. The molecule has 288 valence electrons. The molecule has 0 aliphatic carbocycles. The van der Waals surface area contributed by atoms with E-state index in [9.17, 15) is 25.1 Å². The predicted molar refractivity (Wildman–Crippen MR) is 222 cm³/mol. The molecule has 11 nitrogen and oxygen atoms in total. The van der Waals surface area contributed by atoms with E-state index in [1.807, 2.05) is 48.5 Å². The van der Waals surface area contributed by atoms with Crippen molar-refractivity contribution in [3.8, 4) is 50.9 Å². The Morgan fingerprint density at radius 2 is 1.53 bits per heavy atom. The summed E-state index contributed by atoms with van der Waals surface area (Å²) in [5.74, 6) is 0.873. The van der Waals surface area contributed by atoms with Crippen molar-refractivity contribution < 1.29 is 29.3 Å². The second-order valence-corrected chi connectivity index (χ2v) is 13.8. The Hall–Kier alpha value is -7.13. The molecule has 12 heteroatoms. The largest absolute Gasteiger partial charge is 0.488 e. The maximum Gasteiger partial charge on any atom is 0.413 e. The third-order valence-electron chi connectivity index (χ3n) is 9.92. The molecule has 0 atom stereocenters. The topological polar surface area (TPSA) is 159 Å². The number of aliphatic hydroxyl groups is 1. The number of pyridine rings is 1. The second kappa shape index (κ2) is 17.3. The van der Waals surface area contributed by atoms with Crippen LogP contribution in [-0.4, -0.2) is 50.7 Å². The van der Waals surface area contributed by atoms with E-state index in [0.717, 1.165) is 55.0 Å². The molecule has 0 fully saturated rings. The number of aromatic nitrogens is 3. The van der Waals surface area contributed by atoms with Gasteiger partial charge in [0.2, 0.25) is 0 Å². The van der Waals surface area contributed by atoms with Crippen LogP contribution < -0.4 is 14.4 Å². The van der Waals surface area contributed by atoms with Crippen molar-refractivity contribution in [2.75, 3.05) is 18.1 Å². The van der Waals surface area contributed by atoms with Crippen LogP contribution in [0.15, 0.2) is 116 Å². The summed E-state index contributed by atoms with van der Waals surface area (Å²) in [6.07, 6.45) is 3.84. The monoisotopic (exact) mass is 789 g/mol. The Morgan fingerprint density at radius 1 is 0.828 bits per heavy atom. The van der Waals surface area contributed by atoms with Gasteiger partial charge in [-0.2, -0.15) is 5.26 Å². The lowest BCUT2D eigenvalue weighted by Gasteiger charge is -2.19. The van der Waals surface area contributed by atoms with Gasteiger partial charge >= 0.3 is 6.09 Å². The summed E-state index contributed by atoms with van der Waals surface area (Å²) < 4.78 is 12.2. The zero-order chi connectivity index (χ0) is 40.8. The third kappa shape index (κ3) is 8.20. The predicted octanol–water partition coefficient (Wildman–Crippen LogP) is 9.61. The van der Waals surface area contributed by atoms with Crippen LogP contribution in [0.1, 0.15) is 38.2 Å². The minimum Gasteiger partial charge on any atom is -0.488 e. The first-order valence-electron chi connectivity index (χ1n) is 18.2. The average Bonchev–Trinajstić information content (AvgIpc) is 3.25. The Bertz CT molecular complexity index is 2710. The van der Waals surface area contributed by atoms with E-state index >= 15 is 0 Å². The lowest BCUT2D eigenvalue weighted by molar-refractivity contribution is 0.111. The number of nitriles is 1. The number of benzene rings is 5. The molecule has 7 aromatic rings. The Balaban J connectivity index is 1.11. The number of hydrogen-bond acceptors (Lipinski definition) is 9. The molecule has 5 aromatic carbocycles. The van der Waals surface area contributed by atoms with Gasteiger partial charge in [0.25, 0.3) is 0 Å². The number of anilines is 1. The molecule has 2 aromatic heterocycles. The van der Waals surface area contributed by atoms with Gasteiger partial charge in [-0.1, -0.05) is 78.3 Å². The van der Waals surface area contributed by atoms with Crippen LogP contribution in [0.3, 0.4) is 0 Å². The van der Waals surface area contributed by atoms with Gasteiger partial charge in [-0.3, -0.25) is 14.7 Å². The molecule has 0 aliphatic rings. The summed E-state index contributed by atoms with van der Waals surface area (Å²) in [4.78, 5) is 37.4. The molecule has 0 spiro atoms. The van der Waals surface area contributed by atoms with Gasteiger partial charge in [0.1, 0.15) is 42.9 Å². The first kappa shape index (κ1) is 39.1. The van der Waals surface area contributed by atoms with Crippen LogP contribution in [-0.2, 0) is 13.2 Å². The van der Waals surface area contributed by atoms with Crippen molar-refractivity contribution in [2.24, 2.45) is 0 Å². The number of fused-ring (bicyclic) bond motifs is 1. The van der Waals surface area contributed by atoms with Crippen molar-refractivity contribution in [1.82, 2.24) is 15.0 Å². The molecule has 2 N–H and O–H groups in total. The van der Waals surface area contributed by atoms with Crippen molar-refractivity contribution >= 4 is 40.7 Å². The molecule has 0 bridgehead atoms. The van der Waals surface area contributed by atoms with Crippen molar-refractivity contribution in [3.63, 3.8) is 0 Å². The maximum atomic E-state index is 12.0. The number of aldehydes is 1. The summed E-state index contributed by atoms with van der Waals surface area (Å²) in [5, 5.41) is 29.3. The third-order valence-corrected chi connectivity index (χ3v) is 10.2. The number of halogens is 1. The molecule has 0 saturated heterocycles. The van der Waals surface area contributed by atoms with E-state index in [0.29, 0.717) is 39.8 Å². The molecule has 0 radical (unpaired) electrons. The molecule has 0 unspecified atom stereocenters. The van der Waals surface area contributed by atoms with E-state index in [4.69, 9.17) is 21.1 Å². The van der Waals surface area contributed by atoms with Crippen molar-refractivity contribution in [1.29, 1.82) is 5.26 Å². The average molecular weight is 790 g/mol. The van der Waals surface area contributed by atoms with E-state index in [2.05, 4.69) is 65.2 Å². The zero-order valence-electron chi connectivity index (χ0n) is 31.5. The number of carbonyl (C=O) groups is 2. The molecule has 58 heavy (non-hydrogen) atoms. The van der Waals surface area contributed by atoms with Crippen LogP contribution >= 0.6 is 11.6 Å². The van der Waals surface area contributed by atoms with Gasteiger partial charge in [-0.25, -0.2) is 14.8 Å². The minimum absolute atomic E-state index is 0.0943. The Morgan fingerprint density at radius 3 is 2.28 bits per heavy atom. The van der Waals surface area contributed by atoms with Crippen LogP contribution in [0.4, 0.5) is 10.6 Å². The van der Waals surface area contributed by atoms with Crippen molar-refractivity contribution in [2.45, 2.75) is 27.1 Å². The fourth-order valence-electron chi connectivity index (χ4n) is 6.87. The zero-order valence-corrected chi connectivity index (χ0v) is 32.3. The summed E-state index contributed by atoms with van der Waals surface area (Å²) in [7, 11) is 0. The fraction of sp³-hybridized carbons (Fsp3) is 0.130. The number of hydrogen-bond donors (Lipinski definition) is 2. The quantitative estimate of drug-likeness (QED) is 0.108. The van der Waals surface area contributed by atoms with Crippen molar-refractivity contribution in [3.05, 3.63) is 154 Å². The Labute approximate surface area is 339 Å². The summed E-state index contributed by atoms with van der Waals surface area (Å²) in [5.41, 5.74) is 11.1.